The number of aromatic carboxylic acids is 1. The first-order chi connectivity index (χ1) is 12.0. The molecule has 0 bridgehead atoms. The van der Waals surface area contributed by atoms with E-state index < -0.39 is 5.97 Å². The Hall–Kier alpha value is -1.68. The van der Waals surface area contributed by atoms with Gasteiger partial charge in [-0.1, -0.05) is 59.1 Å². The van der Waals surface area contributed by atoms with Gasteiger partial charge in [-0.15, -0.1) is 0 Å². The van der Waals surface area contributed by atoms with E-state index in [2.05, 4.69) is 17.5 Å². The summed E-state index contributed by atoms with van der Waals surface area (Å²) >= 11 is 19.1. The maximum absolute atomic E-state index is 11.1. The van der Waals surface area contributed by atoms with E-state index in [-0.39, 0.29) is 23.4 Å². The third-order valence-electron chi connectivity index (χ3n) is 5.00. The molecule has 1 heterocycles. The quantitative estimate of drug-likeness (QED) is 0.473. The number of halogens is 3. The molecule has 0 fully saturated rings. The normalized spacial score (nSPS) is 23.7. The van der Waals surface area contributed by atoms with Crippen LogP contribution in [0.3, 0.4) is 0 Å². The fourth-order valence-electron chi connectivity index (χ4n) is 3.82. The molecular weight excluding hydrogens is 381 g/mol. The number of carbonyl (C=O) groups is 1. The molecule has 0 unspecified atom stereocenters. The van der Waals surface area contributed by atoms with Crippen molar-refractivity contribution in [2.45, 2.75) is 18.4 Å². The largest absolute Gasteiger partial charge is 0.478 e. The third kappa shape index (κ3) is 2.71. The molecule has 0 amide bonds. The zero-order valence-corrected chi connectivity index (χ0v) is 15.2. The molecule has 2 aromatic carbocycles. The van der Waals surface area contributed by atoms with E-state index in [4.69, 9.17) is 39.9 Å². The highest BCUT2D eigenvalue weighted by atomic mass is 35.5. The Morgan fingerprint density at radius 2 is 1.84 bits per heavy atom. The summed E-state index contributed by atoms with van der Waals surface area (Å²) in [6, 6.07) is 8.64. The van der Waals surface area contributed by atoms with E-state index in [0.717, 1.165) is 23.2 Å². The zero-order chi connectivity index (χ0) is 17.7. The van der Waals surface area contributed by atoms with Crippen molar-refractivity contribution in [3.63, 3.8) is 0 Å². The topological polar surface area (TPSA) is 49.3 Å². The fraction of sp³-hybridized carbons (Fsp3) is 0.211. The summed E-state index contributed by atoms with van der Waals surface area (Å²) in [7, 11) is 0. The standard InChI is InChI=1S/C19H14Cl3NO2/c20-13-8-14(21)18-15(16(13)22)11-2-1-3-12(11)17(23-18)9-4-6-10(7-5-9)19(24)25/h1-2,4-8,11-12,17,23H,3H2,(H,24,25)/t11-,12+,17+/m1/s1. The van der Waals surface area contributed by atoms with Gasteiger partial charge >= 0.3 is 5.97 Å². The SMILES string of the molecule is O=C(O)c1ccc([C@@H]2Nc3c(Cl)cc(Cl)c(Cl)c3[C@@H]3C=CC[C@@H]32)cc1. The van der Waals surface area contributed by atoms with Crippen molar-refractivity contribution in [3.8, 4) is 0 Å². The van der Waals surface area contributed by atoms with E-state index in [1.807, 2.05) is 12.1 Å². The number of allylic oxidation sites excluding steroid dienone is 2. The number of nitrogens with one attached hydrogen (secondary N) is 1. The average molecular weight is 395 g/mol. The van der Waals surface area contributed by atoms with Crippen LogP contribution >= 0.6 is 34.8 Å². The number of fused-ring (bicyclic) bond motifs is 3. The summed E-state index contributed by atoms with van der Waals surface area (Å²) in [6.07, 6.45) is 5.21. The molecule has 0 aromatic heterocycles. The third-order valence-corrected chi connectivity index (χ3v) is 6.10. The second-order valence-electron chi connectivity index (χ2n) is 6.35. The van der Waals surface area contributed by atoms with Gasteiger partial charge in [0.1, 0.15) is 0 Å². The van der Waals surface area contributed by atoms with Crippen molar-refractivity contribution in [1.29, 1.82) is 0 Å². The Labute approximate surface area is 160 Å². The van der Waals surface area contributed by atoms with Crippen LogP contribution in [0.5, 0.6) is 0 Å². The first-order valence-corrected chi connectivity index (χ1v) is 9.04. The van der Waals surface area contributed by atoms with E-state index in [0.29, 0.717) is 15.1 Å². The van der Waals surface area contributed by atoms with Gasteiger partial charge in [-0.25, -0.2) is 4.79 Å². The Morgan fingerprint density at radius 1 is 1.12 bits per heavy atom. The molecule has 128 valence electrons. The Morgan fingerprint density at radius 3 is 2.52 bits per heavy atom. The van der Waals surface area contributed by atoms with Crippen LogP contribution in [0.15, 0.2) is 42.5 Å². The van der Waals surface area contributed by atoms with Gasteiger partial charge in [-0.05, 0) is 36.1 Å². The molecule has 1 aliphatic carbocycles. The first-order valence-electron chi connectivity index (χ1n) is 7.91. The number of anilines is 1. The molecule has 1 aliphatic heterocycles. The molecule has 4 rings (SSSR count). The van der Waals surface area contributed by atoms with Crippen LogP contribution in [-0.4, -0.2) is 11.1 Å². The summed E-state index contributed by atoms with van der Waals surface area (Å²) in [5.74, 6) is -0.530. The summed E-state index contributed by atoms with van der Waals surface area (Å²) in [5.41, 5.74) is 3.04. The predicted molar refractivity (Wildman–Crippen MR) is 101 cm³/mol. The summed E-state index contributed by atoms with van der Waals surface area (Å²) < 4.78 is 0. The molecule has 25 heavy (non-hydrogen) atoms. The lowest BCUT2D eigenvalue weighted by molar-refractivity contribution is 0.0697. The number of benzene rings is 2. The van der Waals surface area contributed by atoms with Crippen LogP contribution in [0, 0.1) is 5.92 Å². The second kappa shape index (κ2) is 6.24. The van der Waals surface area contributed by atoms with Gasteiger partial charge in [0.15, 0.2) is 0 Å². The zero-order valence-electron chi connectivity index (χ0n) is 13.0. The Kier molecular flexibility index (Phi) is 4.19. The van der Waals surface area contributed by atoms with Crippen LogP contribution in [0.2, 0.25) is 15.1 Å². The van der Waals surface area contributed by atoms with Crippen molar-refractivity contribution in [3.05, 3.63) is 74.2 Å². The molecule has 0 saturated heterocycles. The van der Waals surface area contributed by atoms with Crippen molar-refractivity contribution in [2.24, 2.45) is 5.92 Å². The molecule has 6 heteroatoms. The van der Waals surface area contributed by atoms with Gasteiger partial charge in [0.05, 0.1) is 32.4 Å². The minimum absolute atomic E-state index is 0.0186. The van der Waals surface area contributed by atoms with Crippen LogP contribution in [-0.2, 0) is 0 Å². The lowest BCUT2D eigenvalue weighted by Crippen LogP contribution is -2.29. The van der Waals surface area contributed by atoms with Gasteiger partial charge in [0.2, 0.25) is 0 Å². The van der Waals surface area contributed by atoms with Crippen molar-refractivity contribution in [1.82, 2.24) is 0 Å². The highest BCUT2D eigenvalue weighted by molar-refractivity contribution is 6.44. The minimum atomic E-state index is -0.932. The molecular formula is C19H14Cl3NO2. The number of hydrogen-bond acceptors (Lipinski definition) is 2. The highest BCUT2D eigenvalue weighted by Crippen LogP contribution is 2.54. The van der Waals surface area contributed by atoms with Crippen molar-refractivity contribution < 1.29 is 9.90 Å². The molecule has 2 aliphatic rings. The first kappa shape index (κ1) is 16.8. The highest BCUT2D eigenvalue weighted by Gasteiger charge is 2.40. The average Bonchev–Trinajstić information content (AvgIpc) is 3.08. The van der Waals surface area contributed by atoms with Crippen LogP contribution in [0.1, 0.15) is 39.9 Å². The lowest BCUT2D eigenvalue weighted by Gasteiger charge is -2.38. The second-order valence-corrected chi connectivity index (χ2v) is 7.54. The van der Waals surface area contributed by atoms with Gasteiger partial charge in [-0.2, -0.15) is 0 Å². The minimum Gasteiger partial charge on any atom is -0.478 e. The van der Waals surface area contributed by atoms with Crippen LogP contribution in [0.25, 0.3) is 0 Å². The summed E-state index contributed by atoms with van der Waals surface area (Å²) in [4.78, 5) is 11.1. The summed E-state index contributed by atoms with van der Waals surface area (Å²) in [6.45, 7) is 0. The Balaban J connectivity index is 1.80. The fourth-order valence-corrected chi connectivity index (χ4v) is 4.63. The summed E-state index contributed by atoms with van der Waals surface area (Å²) in [5, 5.41) is 14.1. The lowest BCUT2D eigenvalue weighted by atomic mass is 9.77. The molecule has 0 spiro atoms. The predicted octanol–water partition coefficient (Wildman–Crippen LogP) is 6.17. The molecule has 0 radical (unpaired) electrons. The smallest absolute Gasteiger partial charge is 0.335 e. The van der Waals surface area contributed by atoms with E-state index >= 15 is 0 Å². The molecule has 2 aromatic rings. The number of hydrogen-bond donors (Lipinski definition) is 2. The number of carboxylic acids is 1. The maximum Gasteiger partial charge on any atom is 0.335 e. The van der Waals surface area contributed by atoms with Crippen LogP contribution < -0.4 is 5.32 Å². The van der Waals surface area contributed by atoms with Crippen molar-refractivity contribution >= 4 is 46.5 Å². The van der Waals surface area contributed by atoms with Crippen LogP contribution in [0.4, 0.5) is 5.69 Å². The maximum atomic E-state index is 11.1. The molecule has 2 N–H and O–H groups in total. The van der Waals surface area contributed by atoms with E-state index in [1.54, 1.807) is 18.2 Å². The van der Waals surface area contributed by atoms with Gasteiger partial charge in [0, 0.05) is 11.5 Å². The van der Waals surface area contributed by atoms with Gasteiger partial charge in [0.25, 0.3) is 0 Å². The monoisotopic (exact) mass is 393 g/mol. The molecule has 3 atom stereocenters. The van der Waals surface area contributed by atoms with E-state index in [1.165, 1.54) is 0 Å². The van der Waals surface area contributed by atoms with Crippen molar-refractivity contribution in [2.75, 3.05) is 5.32 Å². The molecule has 3 nitrogen and oxygen atoms in total. The number of rotatable bonds is 2. The molecule has 0 saturated carbocycles. The Bertz CT molecular complexity index is 893. The van der Waals surface area contributed by atoms with Gasteiger partial charge in [-0.3, -0.25) is 0 Å². The number of carboxylic acid groups (broad SMARTS) is 1. The van der Waals surface area contributed by atoms with Gasteiger partial charge < -0.3 is 10.4 Å². The van der Waals surface area contributed by atoms with E-state index in [9.17, 15) is 4.79 Å².